The maximum absolute atomic E-state index is 14.5. The Morgan fingerprint density at radius 1 is 1.30 bits per heavy atom. The second-order valence-corrected chi connectivity index (χ2v) is 12.6. The molecule has 3 heterocycles. The van der Waals surface area contributed by atoms with Crippen LogP contribution in [-0.4, -0.2) is 69.6 Å². The Labute approximate surface area is 227 Å². The van der Waals surface area contributed by atoms with Gasteiger partial charge in [-0.3, -0.25) is 14.4 Å². The summed E-state index contributed by atoms with van der Waals surface area (Å²) in [6.45, 7) is 12.0. The van der Waals surface area contributed by atoms with Gasteiger partial charge in [0.25, 0.3) is 5.91 Å². The van der Waals surface area contributed by atoms with E-state index in [1.54, 1.807) is 33.7 Å². The number of hydrogen-bond acceptors (Lipinski definition) is 6. The average Bonchev–Trinajstić information content (AvgIpc) is 3.42. The van der Waals surface area contributed by atoms with Crippen molar-refractivity contribution >= 4 is 46.8 Å². The topological polar surface area (TPSA) is 87.1 Å². The Kier molecular flexibility index (Phi) is 8.12. The van der Waals surface area contributed by atoms with Crippen LogP contribution in [0.5, 0.6) is 0 Å². The molecule has 7 nitrogen and oxygen atoms in total. The van der Waals surface area contributed by atoms with Crippen molar-refractivity contribution in [2.24, 2.45) is 11.8 Å². The fourth-order valence-corrected chi connectivity index (χ4v) is 9.12. The number of anilines is 1. The number of esters is 1. The van der Waals surface area contributed by atoms with Gasteiger partial charge in [0.15, 0.2) is 0 Å². The molecule has 4 rings (SSSR count). The van der Waals surface area contributed by atoms with Gasteiger partial charge in [0, 0.05) is 24.4 Å². The number of halogens is 1. The summed E-state index contributed by atoms with van der Waals surface area (Å²) < 4.78 is 4.20. The molecule has 0 aliphatic carbocycles. The van der Waals surface area contributed by atoms with E-state index in [-0.39, 0.29) is 31.6 Å². The molecule has 5 atom stereocenters. The molecule has 0 aromatic heterocycles. The van der Waals surface area contributed by atoms with Gasteiger partial charge in [0.05, 0.1) is 27.3 Å². The highest BCUT2D eigenvalue weighted by Crippen LogP contribution is 2.71. The van der Waals surface area contributed by atoms with E-state index in [2.05, 4.69) is 13.2 Å². The largest absolute Gasteiger partial charge is 0.461 e. The summed E-state index contributed by atoms with van der Waals surface area (Å²) in [6.07, 6.45) is 5.58. The predicted octanol–water partition coefficient (Wildman–Crippen LogP) is 4.15. The maximum Gasteiger partial charge on any atom is 0.311 e. The van der Waals surface area contributed by atoms with E-state index >= 15 is 0 Å². The van der Waals surface area contributed by atoms with Crippen LogP contribution in [0.2, 0.25) is 5.02 Å². The number of likely N-dealkylation sites (tertiary alicyclic amines) is 1. The fourth-order valence-electron chi connectivity index (χ4n) is 6.46. The Morgan fingerprint density at radius 2 is 2.05 bits per heavy atom. The zero-order valence-corrected chi connectivity index (χ0v) is 23.0. The number of amides is 2. The van der Waals surface area contributed by atoms with Gasteiger partial charge in [0.2, 0.25) is 5.91 Å². The Morgan fingerprint density at radius 3 is 2.70 bits per heavy atom. The second kappa shape index (κ2) is 10.8. The van der Waals surface area contributed by atoms with Gasteiger partial charge in [0.1, 0.15) is 12.6 Å². The molecular formula is C28H35ClN2O5S. The Hall–Kier alpha value is -2.29. The first-order valence-corrected chi connectivity index (χ1v) is 13.9. The first-order valence-electron chi connectivity index (χ1n) is 12.7. The zero-order chi connectivity index (χ0) is 27.0. The number of fused-ring (bicyclic) bond motifs is 1. The van der Waals surface area contributed by atoms with Gasteiger partial charge in [-0.1, -0.05) is 42.5 Å². The van der Waals surface area contributed by atoms with E-state index in [4.69, 9.17) is 16.3 Å². The van der Waals surface area contributed by atoms with Crippen LogP contribution >= 0.6 is 23.4 Å². The minimum atomic E-state index is -0.775. The van der Waals surface area contributed by atoms with Gasteiger partial charge >= 0.3 is 5.97 Å². The molecule has 37 heavy (non-hydrogen) atoms. The average molecular weight is 547 g/mol. The van der Waals surface area contributed by atoms with Crippen LogP contribution in [0.4, 0.5) is 5.69 Å². The summed E-state index contributed by atoms with van der Waals surface area (Å²) in [4.78, 5) is 45.1. The first kappa shape index (κ1) is 27.7. The lowest BCUT2D eigenvalue weighted by molar-refractivity contribution is -0.154. The van der Waals surface area contributed by atoms with Crippen molar-refractivity contribution in [1.82, 2.24) is 4.90 Å². The molecule has 2 unspecified atom stereocenters. The monoisotopic (exact) mass is 546 g/mol. The molecule has 3 saturated heterocycles. The number of hydrogen-bond donors (Lipinski definition) is 1. The van der Waals surface area contributed by atoms with Gasteiger partial charge in [-0.05, 0) is 51.2 Å². The van der Waals surface area contributed by atoms with Crippen molar-refractivity contribution in [3.63, 3.8) is 0 Å². The fraction of sp³-hybridized carbons (Fsp3) is 0.536. The maximum atomic E-state index is 14.5. The van der Waals surface area contributed by atoms with E-state index in [9.17, 15) is 19.5 Å². The van der Waals surface area contributed by atoms with Crippen molar-refractivity contribution in [3.05, 3.63) is 54.1 Å². The van der Waals surface area contributed by atoms with Crippen LogP contribution in [0, 0.1) is 18.8 Å². The first-order chi connectivity index (χ1) is 17.7. The quantitative estimate of drug-likeness (QED) is 0.255. The van der Waals surface area contributed by atoms with E-state index in [0.717, 1.165) is 5.56 Å². The lowest BCUT2D eigenvalue weighted by Crippen LogP contribution is -2.55. The molecule has 1 aromatic carbocycles. The number of aliphatic hydroxyl groups is 1. The number of para-hydroxylation sites is 1. The molecule has 200 valence electrons. The van der Waals surface area contributed by atoms with Crippen molar-refractivity contribution in [2.75, 3.05) is 31.2 Å². The minimum absolute atomic E-state index is 0.0000522. The molecule has 2 amide bonds. The summed E-state index contributed by atoms with van der Waals surface area (Å²) in [6, 6.07) is 4.70. The normalized spacial score (nSPS) is 29.8. The van der Waals surface area contributed by atoms with Crippen LogP contribution in [0.1, 0.15) is 38.2 Å². The van der Waals surface area contributed by atoms with Crippen LogP contribution < -0.4 is 4.90 Å². The number of benzene rings is 1. The zero-order valence-electron chi connectivity index (χ0n) is 21.5. The standard InChI is InChI=1S/C28H35ClN2O5S/c1-5-14-30(22-18(3)10-9-11-19(22)29)25(34)23-28-13-12-27(4,37-28)21(26(35)36-17-6-2)20(28)24(33)31(23)15-7-8-16-32/h5-6,9-11,20-21,23,32H,1-2,7-8,12-17H2,3-4H3/t20-,21+,23?,27-,28?/m0/s1. The van der Waals surface area contributed by atoms with Crippen LogP contribution in [0.15, 0.2) is 43.5 Å². The number of ether oxygens (including phenoxy) is 1. The molecular weight excluding hydrogens is 512 g/mol. The highest BCUT2D eigenvalue weighted by atomic mass is 35.5. The molecule has 0 saturated carbocycles. The second-order valence-electron chi connectivity index (χ2n) is 10.3. The number of aryl methyl sites for hydroxylation is 1. The highest BCUT2D eigenvalue weighted by molar-refractivity contribution is 8.02. The summed E-state index contributed by atoms with van der Waals surface area (Å²) in [5.74, 6) is -2.14. The smallest absolute Gasteiger partial charge is 0.311 e. The molecule has 3 aliphatic heterocycles. The SMILES string of the molecule is C=CCOC(=O)[C@H]1[C@H]2C(=O)N(CCCCO)C(C(=O)N(CC=C)c3c(C)cccc3Cl)C23CC[C@]1(C)S3. The van der Waals surface area contributed by atoms with E-state index in [0.29, 0.717) is 42.9 Å². The number of carbonyl (C=O) groups excluding carboxylic acids is 3. The van der Waals surface area contributed by atoms with Crippen LogP contribution in [-0.2, 0) is 19.1 Å². The number of thioether (sulfide) groups is 1. The number of rotatable bonds is 11. The number of unbranched alkanes of at least 4 members (excludes halogenated alkanes) is 1. The number of nitrogens with zero attached hydrogens (tertiary/aromatic N) is 2. The van der Waals surface area contributed by atoms with E-state index in [1.165, 1.54) is 6.08 Å². The third-order valence-electron chi connectivity index (χ3n) is 7.95. The molecule has 1 spiro atoms. The Bertz CT molecular complexity index is 1090. The highest BCUT2D eigenvalue weighted by Gasteiger charge is 2.77. The summed E-state index contributed by atoms with van der Waals surface area (Å²) in [7, 11) is 0. The summed E-state index contributed by atoms with van der Waals surface area (Å²) in [5.41, 5.74) is 1.44. The van der Waals surface area contributed by atoms with Crippen molar-refractivity contribution in [1.29, 1.82) is 0 Å². The van der Waals surface area contributed by atoms with Crippen molar-refractivity contribution in [3.8, 4) is 0 Å². The molecule has 9 heteroatoms. The third-order valence-corrected chi connectivity index (χ3v) is 10.2. The van der Waals surface area contributed by atoms with Gasteiger partial charge in [-0.15, -0.1) is 18.3 Å². The number of carbonyl (C=O) groups is 3. The molecule has 1 aromatic rings. The van der Waals surface area contributed by atoms with Gasteiger partial charge < -0.3 is 19.6 Å². The Balaban J connectivity index is 1.80. The molecule has 3 fully saturated rings. The van der Waals surface area contributed by atoms with Gasteiger partial charge in [-0.25, -0.2) is 0 Å². The summed E-state index contributed by atoms with van der Waals surface area (Å²) >= 11 is 8.19. The van der Waals surface area contributed by atoms with E-state index < -0.39 is 33.3 Å². The van der Waals surface area contributed by atoms with Crippen molar-refractivity contribution < 1.29 is 24.2 Å². The van der Waals surface area contributed by atoms with Crippen molar-refractivity contribution in [2.45, 2.75) is 55.1 Å². The summed E-state index contributed by atoms with van der Waals surface area (Å²) in [5, 5.41) is 9.81. The molecule has 1 N–H and O–H groups in total. The van der Waals surface area contributed by atoms with Crippen LogP contribution in [0.25, 0.3) is 0 Å². The molecule has 3 aliphatic rings. The lowest BCUT2D eigenvalue weighted by Gasteiger charge is -2.37. The lowest BCUT2D eigenvalue weighted by atomic mass is 9.66. The van der Waals surface area contributed by atoms with Gasteiger partial charge in [-0.2, -0.15) is 0 Å². The number of aliphatic hydroxyl groups excluding tert-OH is 1. The van der Waals surface area contributed by atoms with E-state index in [1.807, 2.05) is 26.0 Å². The third kappa shape index (κ3) is 4.51. The van der Waals surface area contributed by atoms with Crippen LogP contribution in [0.3, 0.4) is 0 Å². The molecule has 2 bridgehead atoms. The predicted molar refractivity (Wildman–Crippen MR) is 147 cm³/mol. The molecule has 0 radical (unpaired) electrons. The minimum Gasteiger partial charge on any atom is -0.461 e.